The molecule has 0 bridgehead atoms. The average molecular weight is 248 g/mol. The molecule has 0 radical (unpaired) electrons. The first kappa shape index (κ1) is 11.6. The van der Waals surface area contributed by atoms with E-state index in [0.29, 0.717) is 12.1 Å². The minimum absolute atomic E-state index is 0.175. The molecule has 15 heavy (non-hydrogen) atoms. The van der Waals surface area contributed by atoms with Crippen molar-refractivity contribution >= 4 is 29.3 Å². The van der Waals surface area contributed by atoms with Gasteiger partial charge in [-0.05, 0) is 31.4 Å². The van der Waals surface area contributed by atoms with Crippen molar-refractivity contribution in [3.05, 3.63) is 0 Å². The van der Waals surface area contributed by atoms with E-state index in [1.165, 1.54) is 18.6 Å². The highest BCUT2D eigenvalue weighted by molar-refractivity contribution is 7.99. The number of carbonyl (C=O) groups excluding carboxylic acids is 1. The molecule has 1 saturated heterocycles. The molecule has 2 nitrogen and oxygen atoms in total. The maximum absolute atomic E-state index is 12.1. The van der Waals surface area contributed by atoms with Crippen LogP contribution in [0.4, 0.5) is 0 Å². The van der Waals surface area contributed by atoms with Crippen LogP contribution in [0.15, 0.2) is 0 Å². The van der Waals surface area contributed by atoms with Crippen LogP contribution in [0.5, 0.6) is 0 Å². The lowest BCUT2D eigenvalue weighted by Crippen LogP contribution is -2.45. The molecule has 0 unspecified atom stereocenters. The first-order chi connectivity index (χ1) is 7.24. The Morgan fingerprint density at radius 3 is 2.67 bits per heavy atom. The molecule has 0 N–H and O–H groups in total. The van der Waals surface area contributed by atoms with Crippen LogP contribution < -0.4 is 0 Å². The number of hydrogen-bond acceptors (Lipinski definition) is 2. The summed E-state index contributed by atoms with van der Waals surface area (Å²) in [6.45, 7) is 1.98. The second-order valence-electron chi connectivity index (χ2n) is 4.37. The van der Waals surface area contributed by atoms with E-state index in [2.05, 4.69) is 4.90 Å². The van der Waals surface area contributed by atoms with Gasteiger partial charge in [-0.1, -0.05) is 6.92 Å². The Morgan fingerprint density at radius 1 is 1.47 bits per heavy atom. The van der Waals surface area contributed by atoms with Gasteiger partial charge in [-0.15, -0.1) is 11.6 Å². The van der Waals surface area contributed by atoms with Gasteiger partial charge < -0.3 is 4.90 Å². The molecule has 1 saturated carbocycles. The molecule has 1 aliphatic heterocycles. The van der Waals surface area contributed by atoms with Crippen LogP contribution in [0.25, 0.3) is 0 Å². The Labute approximate surface area is 101 Å². The summed E-state index contributed by atoms with van der Waals surface area (Å²) in [5.41, 5.74) is 0. The summed E-state index contributed by atoms with van der Waals surface area (Å²) in [4.78, 5) is 14.2. The van der Waals surface area contributed by atoms with E-state index < -0.39 is 0 Å². The van der Waals surface area contributed by atoms with Crippen LogP contribution in [0.2, 0.25) is 0 Å². The second-order valence-corrected chi connectivity index (χ2v) is 6.05. The average Bonchev–Trinajstić information content (AvgIpc) is 2.92. The molecule has 1 heterocycles. The lowest BCUT2D eigenvalue weighted by molar-refractivity contribution is -0.133. The van der Waals surface area contributed by atoms with Crippen molar-refractivity contribution in [3.8, 4) is 0 Å². The fourth-order valence-corrected chi connectivity index (χ4v) is 3.41. The topological polar surface area (TPSA) is 20.3 Å². The number of rotatable bonds is 4. The summed E-state index contributed by atoms with van der Waals surface area (Å²) in [6, 6.07) is 0.969. The van der Waals surface area contributed by atoms with Gasteiger partial charge in [-0.25, -0.2) is 0 Å². The van der Waals surface area contributed by atoms with Crippen molar-refractivity contribution in [2.45, 2.75) is 50.1 Å². The highest BCUT2D eigenvalue weighted by atomic mass is 35.5. The third kappa shape index (κ3) is 2.62. The van der Waals surface area contributed by atoms with Crippen molar-refractivity contribution in [1.82, 2.24) is 4.90 Å². The number of amides is 1. The third-order valence-corrected chi connectivity index (χ3v) is 4.76. The zero-order valence-electron chi connectivity index (χ0n) is 9.12. The van der Waals surface area contributed by atoms with Crippen LogP contribution in [-0.2, 0) is 4.79 Å². The summed E-state index contributed by atoms with van der Waals surface area (Å²) in [5, 5.41) is -0.309. The van der Waals surface area contributed by atoms with Crippen molar-refractivity contribution < 1.29 is 4.79 Å². The van der Waals surface area contributed by atoms with Crippen molar-refractivity contribution in [2.75, 3.05) is 11.5 Å². The number of halogens is 1. The highest BCUT2D eigenvalue weighted by Crippen LogP contribution is 2.34. The minimum Gasteiger partial charge on any atom is -0.335 e. The van der Waals surface area contributed by atoms with Crippen LogP contribution in [0, 0.1) is 0 Å². The van der Waals surface area contributed by atoms with E-state index >= 15 is 0 Å². The monoisotopic (exact) mass is 247 g/mol. The first-order valence-electron chi connectivity index (χ1n) is 5.78. The van der Waals surface area contributed by atoms with E-state index in [-0.39, 0.29) is 11.3 Å². The highest BCUT2D eigenvalue weighted by Gasteiger charge is 2.40. The standard InChI is InChI=1S/C11H18ClNOS/c1-2-10(12)11(14)13(8-3-4-8)9-5-6-15-7-9/h8-10H,2-7H2,1H3/t9-,10-/m1/s1. The third-order valence-electron chi connectivity index (χ3n) is 3.12. The number of thioether (sulfide) groups is 1. The summed E-state index contributed by atoms with van der Waals surface area (Å²) in [6.07, 6.45) is 4.25. The number of alkyl halides is 1. The molecule has 1 aliphatic carbocycles. The van der Waals surface area contributed by atoms with E-state index in [1.807, 2.05) is 18.7 Å². The Hall–Kier alpha value is 0.110. The van der Waals surface area contributed by atoms with Crippen LogP contribution in [0.3, 0.4) is 0 Å². The van der Waals surface area contributed by atoms with Crippen molar-refractivity contribution in [2.24, 2.45) is 0 Å². The Kier molecular flexibility index (Phi) is 3.83. The molecular formula is C11H18ClNOS. The van der Waals surface area contributed by atoms with Gasteiger partial charge in [0.05, 0.1) is 0 Å². The predicted molar refractivity (Wildman–Crippen MR) is 65.5 cm³/mol. The van der Waals surface area contributed by atoms with Crippen molar-refractivity contribution in [3.63, 3.8) is 0 Å². The Bertz CT molecular complexity index is 239. The summed E-state index contributed by atoms with van der Waals surface area (Å²) < 4.78 is 0. The normalized spacial score (nSPS) is 27.7. The molecular weight excluding hydrogens is 230 g/mol. The van der Waals surface area contributed by atoms with E-state index in [9.17, 15) is 4.79 Å². The van der Waals surface area contributed by atoms with E-state index in [4.69, 9.17) is 11.6 Å². The number of nitrogens with zero attached hydrogens (tertiary/aromatic N) is 1. The van der Waals surface area contributed by atoms with Gasteiger partial charge in [0.25, 0.3) is 0 Å². The van der Waals surface area contributed by atoms with Gasteiger partial charge in [0.2, 0.25) is 5.91 Å². The van der Waals surface area contributed by atoms with E-state index in [1.54, 1.807) is 0 Å². The summed E-state index contributed by atoms with van der Waals surface area (Å²) >= 11 is 8.02. The van der Waals surface area contributed by atoms with Gasteiger partial charge in [-0.2, -0.15) is 11.8 Å². The molecule has 0 aromatic rings. The van der Waals surface area contributed by atoms with Crippen molar-refractivity contribution in [1.29, 1.82) is 0 Å². The van der Waals surface area contributed by atoms with E-state index in [0.717, 1.165) is 18.6 Å². The number of hydrogen-bond donors (Lipinski definition) is 0. The zero-order valence-corrected chi connectivity index (χ0v) is 10.7. The largest absolute Gasteiger partial charge is 0.335 e. The fraction of sp³-hybridized carbons (Fsp3) is 0.909. The molecule has 0 spiro atoms. The second kappa shape index (κ2) is 4.96. The quantitative estimate of drug-likeness (QED) is 0.712. The molecule has 1 amide bonds. The number of carbonyl (C=O) groups is 1. The summed E-state index contributed by atoms with van der Waals surface area (Å²) in [5.74, 6) is 2.48. The molecule has 2 fully saturated rings. The van der Waals surface area contributed by atoms with Gasteiger partial charge in [0.15, 0.2) is 0 Å². The lowest BCUT2D eigenvalue weighted by Gasteiger charge is -2.30. The Balaban J connectivity index is 2.01. The molecule has 2 aliphatic rings. The van der Waals surface area contributed by atoms with Gasteiger partial charge in [0.1, 0.15) is 5.38 Å². The molecule has 0 aromatic carbocycles. The van der Waals surface area contributed by atoms with Gasteiger partial charge in [-0.3, -0.25) is 4.79 Å². The maximum Gasteiger partial charge on any atom is 0.241 e. The molecule has 2 atom stereocenters. The van der Waals surface area contributed by atoms with Crippen LogP contribution in [0.1, 0.15) is 32.6 Å². The smallest absolute Gasteiger partial charge is 0.241 e. The predicted octanol–water partition coefficient (Wildman–Crippen LogP) is 2.50. The lowest BCUT2D eigenvalue weighted by atomic mass is 10.2. The minimum atomic E-state index is -0.309. The zero-order chi connectivity index (χ0) is 10.8. The SMILES string of the molecule is CC[C@@H](Cl)C(=O)N(C1CC1)[C@@H]1CCSC1. The summed E-state index contributed by atoms with van der Waals surface area (Å²) in [7, 11) is 0. The molecule has 2 rings (SSSR count). The van der Waals surface area contributed by atoms with Gasteiger partial charge in [0, 0.05) is 17.8 Å². The van der Waals surface area contributed by atoms with Gasteiger partial charge >= 0.3 is 0 Å². The Morgan fingerprint density at radius 2 is 2.20 bits per heavy atom. The molecule has 86 valence electrons. The first-order valence-corrected chi connectivity index (χ1v) is 7.37. The molecule has 4 heteroatoms. The van der Waals surface area contributed by atoms with Crippen LogP contribution >= 0.6 is 23.4 Å². The maximum atomic E-state index is 12.1. The fourth-order valence-electron chi connectivity index (χ4n) is 2.09. The van der Waals surface area contributed by atoms with Crippen LogP contribution in [-0.4, -0.2) is 39.8 Å². The molecule has 0 aromatic heterocycles.